The number of thiazole rings is 1. The van der Waals surface area contributed by atoms with Gasteiger partial charge in [0.15, 0.2) is 0 Å². The molecule has 0 unspecified atom stereocenters. The lowest BCUT2D eigenvalue weighted by atomic mass is 10.2. The average Bonchev–Trinajstić information content (AvgIpc) is 2.74. The van der Waals surface area contributed by atoms with Crippen LogP contribution in [0, 0.1) is 13.8 Å². The van der Waals surface area contributed by atoms with Crippen molar-refractivity contribution < 1.29 is 0 Å². The van der Waals surface area contributed by atoms with Gasteiger partial charge >= 0.3 is 0 Å². The Bertz CT molecular complexity index is 718. The average molecular weight is 269 g/mol. The minimum absolute atomic E-state index is 0.803. The van der Waals surface area contributed by atoms with Crippen molar-refractivity contribution >= 4 is 27.9 Å². The molecule has 96 valence electrons. The highest BCUT2D eigenvalue weighted by atomic mass is 32.1. The molecule has 0 bridgehead atoms. The van der Waals surface area contributed by atoms with Crippen molar-refractivity contribution in [2.45, 2.75) is 20.4 Å². The summed E-state index contributed by atoms with van der Waals surface area (Å²) in [5.41, 5.74) is 3.19. The molecular formula is C15H15N3S. The van der Waals surface area contributed by atoms with Crippen LogP contribution in [0.2, 0.25) is 0 Å². The minimum Gasteiger partial charge on any atom is -0.379 e. The molecule has 2 aromatic heterocycles. The molecule has 3 rings (SSSR count). The van der Waals surface area contributed by atoms with Crippen LogP contribution < -0.4 is 5.32 Å². The van der Waals surface area contributed by atoms with Crippen LogP contribution in [-0.2, 0) is 6.54 Å². The maximum absolute atomic E-state index is 4.45. The predicted molar refractivity (Wildman–Crippen MR) is 80.7 cm³/mol. The van der Waals surface area contributed by atoms with Crippen molar-refractivity contribution in [3.05, 3.63) is 52.1 Å². The van der Waals surface area contributed by atoms with Crippen LogP contribution in [0.15, 0.2) is 36.5 Å². The summed E-state index contributed by atoms with van der Waals surface area (Å²) in [5, 5.41) is 5.69. The Kier molecular flexibility index (Phi) is 3.17. The third kappa shape index (κ3) is 2.58. The van der Waals surface area contributed by atoms with Crippen molar-refractivity contribution in [2.75, 3.05) is 5.32 Å². The molecule has 19 heavy (non-hydrogen) atoms. The van der Waals surface area contributed by atoms with Crippen LogP contribution in [0.1, 0.15) is 15.6 Å². The van der Waals surface area contributed by atoms with Crippen molar-refractivity contribution in [3.8, 4) is 0 Å². The number of fused-ring (bicyclic) bond motifs is 1. The Morgan fingerprint density at radius 1 is 1.21 bits per heavy atom. The van der Waals surface area contributed by atoms with Crippen LogP contribution in [-0.4, -0.2) is 9.97 Å². The summed E-state index contributed by atoms with van der Waals surface area (Å²) < 4.78 is 0. The van der Waals surface area contributed by atoms with E-state index in [2.05, 4.69) is 34.3 Å². The molecule has 0 aliphatic heterocycles. The van der Waals surface area contributed by atoms with E-state index in [-0.39, 0.29) is 0 Å². The van der Waals surface area contributed by atoms with Crippen LogP contribution in [0.25, 0.3) is 10.9 Å². The highest BCUT2D eigenvalue weighted by molar-refractivity contribution is 7.11. The number of aromatic nitrogens is 2. The van der Waals surface area contributed by atoms with E-state index in [1.807, 2.05) is 31.3 Å². The molecule has 0 saturated carbocycles. The first kappa shape index (κ1) is 12.1. The van der Waals surface area contributed by atoms with Gasteiger partial charge in [-0.15, -0.1) is 11.3 Å². The van der Waals surface area contributed by atoms with E-state index in [1.165, 1.54) is 4.88 Å². The third-order valence-electron chi connectivity index (χ3n) is 3.04. The third-order valence-corrected chi connectivity index (χ3v) is 4.12. The molecule has 0 atom stereocenters. The van der Waals surface area contributed by atoms with E-state index in [0.717, 1.165) is 33.8 Å². The quantitative estimate of drug-likeness (QED) is 0.783. The normalized spacial score (nSPS) is 10.8. The Morgan fingerprint density at radius 3 is 2.84 bits per heavy atom. The van der Waals surface area contributed by atoms with Gasteiger partial charge in [0.25, 0.3) is 0 Å². The zero-order valence-corrected chi connectivity index (χ0v) is 11.8. The first-order chi connectivity index (χ1) is 9.22. The molecule has 0 spiro atoms. The number of rotatable bonds is 3. The van der Waals surface area contributed by atoms with Gasteiger partial charge in [-0.05, 0) is 26.0 Å². The molecule has 0 fully saturated rings. The number of hydrogen-bond donors (Lipinski definition) is 1. The second-order valence-corrected chi connectivity index (χ2v) is 5.80. The molecule has 3 nitrogen and oxygen atoms in total. The molecule has 1 N–H and O–H groups in total. The Labute approximate surface area is 116 Å². The fourth-order valence-electron chi connectivity index (χ4n) is 2.09. The standard InChI is InChI=1S/C15H15N3S/c1-10-15(19-11(2)18-10)9-16-13-7-12-5-3-4-6-14(12)17-8-13/h3-8,16H,9H2,1-2H3. The topological polar surface area (TPSA) is 37.8 Å². The minimum atomic E-state index is 0.803. The number of anilines is 1. The van der Waals surface area contributed by atoms with Crippen LogP contribution >= 0.6 is 11.3 Å². The van der Waals surface area contributed by atoms with E-state index >= 15 is 0 Å². The van der Waals surface area contributed by atoms with Gasteiger partial charge in [0, 0.05) is 10.3 Å². The summed E-state index contributed by atoms with van der Waals surface area (Å²) in [6.07, 6.45) is 1.88. The molecule has 0 radical (unpaired) electrons. The first-order valence-corrected chi connectivity index (χ1v) is 7.05. The summed E-state index contributed by atoms with van der Waals surface area (Å²) in [7, 11) is 0. The van der Waals surface area contributed by atoms with Crippen LogP contribution in [0.4, 0.5) is 5.69 Å². The van der Waals surface area contributed by atoms with Gasteiger partial charge in [0.1, 0.15) is 0 Å². The van der Waals surface area contributed by atoms with Gasteiger partial charge in [0.2, 0.25) is 0 Å². The molecule has 0 saturated heterocycles. The lowest BCUT2D eigenvalue weighted by molar-refractivity contribution is 1.10. The molecule has 0 aliphatic rings. The van der Waals surface area contributed by atoms with Crippen molar-refractivity contribution in [3.63, 3.8) is 0 Å². The van der Waals surface area contributed by atoms with Crippen molar-refractivity contribution in [1.29, 1.82) is 0 Å². The number of para-hydroxylation sites is 1. The SMILES string of the molecule is Cc1nc(C)c(CNc2cnc3ccccc3c2)s1. The van der Waals surface area contributed by atoms with Gasteiger partial charge in [-0.2, -0.15) is 0 Å². The van der Waals surface area contributed by atoms with Gasteiger partial charge in [-0.3, -0.25) is 4.98 Å². The maximum Gasteiger partial charge on any atom is 0.0900 e. The summed E-state index contributed by atoms with van der Waals surface area (Å²) in [6.45, 7) is 4.90. The number of hydrogen-bond acceptors (Lipinski definition) is 4. The van der Waals surface area contributed by atoms with E-state index in [9.17, 15) is 0 Å². The molecule has 3 aromatic rings. The first-order valence-electron chi connectivity index (χ1n) is 6.24. The monoisotopic (exact) mass is 269 g/mol. The number of nitrogens with zero attached hydrogens (tertiary/aromatic N) is 2. The Morgan fingerprint density at radius 2 is 2.05 bits per heavy atom. The van der Waals surface area contributed by atoms with Gasteiger partial charge in [-0.25, -0.2) is 4.98 Å². The zero-order valence-electron chi connectivity index (χ0n) is 11.0. The molecule has 0 aliphatic carbocycles. The second-order valence-electron chi connectivity index (χ2n) is 4.51. The van der Waals surface area contributed by atoms with Crippen LogP contribution in [0.3, 0.4) is 0 Å². The predicted octanol–water partition coefficient (Wildman–Crippen LogP) is 3.92. The number of pyridine rings is 1. The fourth-order valence-corrected chi connectivity index (χ4v) is 2.96. The van der Waals surface area contributed by atoms with Gasteiger partial charge in [-0.1, -0.05) is 18.2 Å². The lowest BCUT2D eigenvalue weighted by Crippen LogP contribution is -1.99. The van der Waals surface area contributed by atoms with Gasteiger partial charge in [0.05, 0.1) is 34.6 Å². The molecular weight excluding hydrogens is 254 g/mol. The smallest absolute Gasteiger partial charge is 0.0900 e. The fraction of sp³-hybridized carbons (Fsp3) is 0.200. The van der Waals surface area contributed by atoms with E-state index < -0.39 is 0 Å². The van der Waals surface area contributed by atoms with Crippen molar-refractivity contribution in [1.82, 2.24) is 9.97 Å². The second kappa shape index (κ2) is 4.97. The van der Waals surface area contributed by atoms with E-state index in [0.29, 0.717) is 0 Å². The number of benzene rings is 1. The zero-order chi connectivity index (χ0) is 13.2. The molecule has 4 heteroatoms. The number of nitrogens with one attached hydrogen (secondary N) is 1. The molecule has 1 aromatic carbocycles. The molecule has 0 amide bonds. The van der Waals surface area contributed by atoms with E-state index in [4.69, 9.17) is 0 Å². The summed E-state index contributed by atoms with van der Waals surface area (Å²) in [6, 6.07) is 10.3. The summed E-state index contributed by atoms with van der Waals surface area (Å²) in [4.78, 5) is 10.2. The van der Waals surface area contributed by atoms with Crippen LogP contribution in [0.5, 0.6) is 0 Å². The number of aryl methyl sites for hydroxylation is 2. The highest BCUT2D eigenvalue weighted by Crippen LogP contribution is 2.20. The largest absolute Gasteiger partial charge is 0.379 e. The maximum atomic E-state index is 4.45. The Balaban J connectivity index is 1.80. The van der Waals surface area contributed by atoms with Crippen molar-refractivity contribution in [2.24, 2.45) is 0 Å². The lowest BCUT2D eigenvalue weighted by Gasteiger charge is -2.06. The Hall–Kier alpha value is -1.94. The molecule has 2 heterocycles. The summed E-state index contributed by atoms with van der Waals surface area (Å²) >= 11 is 1.74. The summed E-state index contributed by atoms with van der Waals surface area (Å²) in [5.74, 6) is 0. The van der Waals surface area contributed by atoms with E-state index in [1.54, 1.807) is 11.3 Å². The highest BCUT2D eigenvalue weighted by Gasteiger charge is 2.04. The van der Waals surface area contributed by atoms with Gasteiger partial charge < -0.3 is 5.32 Å².